The molecule has 0 saturated carbocycles. The lowest BCUT2D eigenvalue weighted by Gasteiger charge is -2.24. The third-order valence-corrected chi connectivity index (χ3v) is 3.93. The third-order valence-electron chi connectivity index (χ3n) is 3.93. The Morgan fingerprint density at radius 1 is 1.10 bits per heavy atom. The van der Waals surface area contributed by atoms with Crippen molar-refractivity contribution in [3.05, 3.63) is 42.0 Å². The molecule has 21 heavy (non-hydrogen) atoms. The highest BCUT2D eigenvalue weighted by Gasteiger charge is 2.33. The fraction of sp³-hybridized carbons (Fsp3) is 0.412. The minimum atomic E-state index is -0.908. The van der Waals surface area contributed by atoms with E-state index in [9.17, 15) is 14.7 Å². The molecule has 0 fully saturated rings. The van der Waals surface area contributed by atoms with Crippen molar-refractivity contribution in [3.63, 3.8) is 0 Å². The van der Waals surface area contributed by atoms with Crippen LogP contribution in [0.4, 0.5) is 5.69 Å². The van der Waals surface area contributed by atoms with Gasteiger partial charge >= 0.3 is 5.97 Å². The summed E-state index contributed by atoms with van der Waals surface area (Å²) in [6.07, 6.45) is 4.61. The first-order valence-corrected chi connectivity index (χ1v) is 7.27. The summed E-state index contributed by atoms with van der Waals surface area (Å²) in [7, 11) is 0. The first-order valence-electron chi connectivity index (χ1n) is 7.27. The average Bonchev–Trinajstić information content (AvgIpc) is 2.47. The third kappa shape index (κ3) is 3.72. The van der Waals surface area contributed by atoms with Crippen molar-refractivity contribution in [1.82, 2.24) is 0 Å². The highest BCUT2D eigenvalue weighted by Crippen LogP contribution is 2.27. The zero-order chi connectivity index (χ0) is 15.4. The smallest absolute Gasteiger partial charge is 0.307 e. The fourth-order valence-electron chi connectivity index (χ4n) is 2.56. The normalized spacial score (nSPS) is 21.3. The van der Waals surface area contributed by atoms with E-state index in [0.717, 1.165) is 0 Å². The molecule has 1 amide bonds. The van der Waals surface area contributed by atoms with Gasteiger partial charge in [0.25, 0.3) is 0 Å². The summed E-state index contributed by atoms with van der Waals surface area (Å²) in [5.74, 6) is -1.82. The number of rotatable bonds is 4. The number of anilines is 1. The van der Waals surface area contributed by atoms with E-state index in [2.05, 4.69) is 19.2 Å². The Labute approximate surface area is 124 Å². The minimum Gasteiger partial charge on any atom is -0.481 e. The van der Waals surface area contributed by atoms with Gasteiger partial charge in [0.15, 0.2) is 0 Å². The molecule has 2 rings (SSSR count). The predicted octanol–water partition coefficient (Wildman–Crippen LogP) is 3.42. The number of nitrogens with one attached hydrogen (secondary N) is 1. The van der Waals surface area contributed by atoms with Crippen LogP contribution >= 0.6 is 0 Å². The molecule has 2 atom stereocenters. The Morgan fingerprint density at radius 2 is 1.67 bits per heavy atom. The molecule has 0 aliphatic heterocycles. The van der Waals surface area contributed by atoms with Gasteiger partial charge in [0.1, 0.15) is 0 Å². The maximum Gasteiger partial charge on any atom is 0.307 e. The molecule has 1 aliphatic rings. The van der Waals surface area contributed by atoms with Gasteiger partial charge in [-0.15, -0.1) is 0 Å². The van der Waals surface area contributed by atoms with Gasteiger partial charge in [-0.1, -0.05) is 38.1 Å². The van der Waals surface area contributed by atoms with Crippen LogP contribution in [-0.4, -0.2) is 17.0 Å². The standard InChI is InChI=1S/C17H21NO3/c1-11(2)12-7-9-13(10-8-12)18-16(19)14-5-3-4-6-15(14)17(20)21/h3-4,7-11,14-15H,5-6H2,1-2H3,(H,18,19)(H,20,21)/t14-,15-/m0/s1. The van der Waals surface area contributed by atoms with Crippen LogP contribution in [0.3, 0.4) is 0 Å². The summed E-state index contributed by atoms with van der Waals surface area (Å²) < 4.78 is 0. The molecule has 0 unspecified atom stereocenters. The Morgan fingerprint density at radius 3 is 2.19 bits per heavy atom. The molecule has 0 radical (unpaired) electrons. The molecule has 0 saturated heterocycles. The number of aliphatic carboxylic acids is 1. The van der Waals surface area contributed by atoms with E-state index < -0.39 is 17.8 Å². The van der Waals surface area contributed by atoms with E-state index in [4.69, 9.17) is 0 Å². The molecule has 0 spiro atoms. The molecule has 1 aliphatic carbocycles. The van der Waals surface area contributed by atoms with Crippen molar-refractivity contribution in [2.24, 2.45) is 11.8 Å². The fourth-order valence-corrected chi connectivity index (χ4v) is 2.56. The lowest BCUT2D eigenvalue weighted by atomic mass is 9.82. The average molecular weight is 287 g/mol. The number of carbonyl (C=O) groups is 2. The zero-order valence-corrected chi connectivity index (χ0v) is 12.4. The summed E-state index contributed by atoms with van der Waals surface area (Å²) in [4.78, 5) is 23.5. The van der Waals surface area contributed by atoms with Crippen LogP contribution in [0.25, 0.3) is 0 Å². The SMILES string of the molecule is CC(C)c1ccc(NC(=O)[C@H]2CC=CC[C@@H]2C(=O)O)cc1. The number of hydrogen-bond donors (Lipinski definition) is 2. The number of carbonyl (C=O) groups excluding carboxylic acids is 1. The van der Waals surface area contributed by atoms with Gasteiger partial charge in [-0.3, -0.25) is 9.59 Å². The summed E-state index contributed by atoms with van der Waals surface area (Å²) in [6.45, 7) is 4.22. The van der Waals surface area contributed by atoms with Crippen molar-refractivity contribution in [2.45, 2.75) is 32.6 Å². The molecule has 0 bridgehead atoms. The van der Waals surface area contributed by atoms with Crippen LogP contribution in [0.1, 0.15) is 38.2 Å². The van der Waals surface area contributed by atoms with E-state index in [-0.39, 0.29) is 5.91 Å². The first-order chi connectivity index (χ1) is 9.99. The van der Waals surface area contributed by atoms with E-state index in [1.807, 2.05) is 36.4 Å². The van der Waals surface area contributed by atoms with Gasteiger partial charge in [-0.2, -0.15) is 0 Å². The summed E-state index contributed by atoms with van der Waals surface area (Å²) >= 11 is 0. The lowest BCUT2D eigenvalue weighted by Crippen LogP contribution is -2.34. The van der Waals surface area contributed by atoms with Crippen molar-refractivity contribution < 1.29 is 14.7 Å². The number of hydrogen-bond acceptors (Lipinski definition) is 2. The molecule has 0 aromatic heterocycles. The van der Waals surface area contributed by atoms with Crippen LogP contribution in [0, 0.1) is 11.8 Å². The maximum absolute atomic E-state index is 12.3. The topological polar surface area (TPSA) is 66.4 Å². The summed E-state index contributed by atoms with van der Waals surface area (Å²) in [5, 5.41) is 12.0. The highest BCUT2D eigenvalue weighted by molar-refractivity contribution is 5.95. The first kappa shape index (κ1) is 15.3. The van der Waals surface area contributed by atoms with Gasteiger partial charge in [-0.05, 0) is 36.5 Å². The lowest BCUT2D eigenvalue weighted by molar-refractivity contribution is -0.146. The molecule has 1 aromatic rings. The van der Waals surface area contributed by atoms with Gasteiger partial charge in [0.2, 0.25) is 5.91 Å². The second-order valence-electron chi connectivity index (χ2n) is 5.76. The molecular formula is C17H21NO3. The highest BCUT2D eigenvalue weighted by atomic mass is 16.4. The van der Waals surface area contributed by atoms with Crippen molar-refractivity contribution in [3.8, 4) is 0 Å². The molecule has 112 valence electrons. The number of benzene rings is 1. The van der Waals surface area contributed by atoms with E-state index in [0.29, 0.717) is 24.4 Å². The number of carboxylic acid groups (broad SMARTS) is 1. The Kier molecular flexibility index (Phi) is 4.78. The monoisotopic (exact) mass is 287 g/mol. The molecular weight excluding hydrogens is 266 g/mol. The van der Waals surface area contributed by atoms with E-state index in [1.54, 1.807) is 0 Å². The molecule has 1 aromatic carbocycles. The Hall–Kier alpha value is -2.10. The van der Waals surface area contributed by atoms with Gasteiger partial charge in [0, 0.05) is 5.69 Å². The van der Waals surface area contributed by atoms with Crippen LogP contribution < -0.4 is 5.32 Å². The predicted molar refractivity (Wildman–Crippen MR) is 82.2 cm³/mol. The zero-order valence-electron chi connectivity index (χ0n) is 12.4. The van der Waals surface area contributed by atoms with E-state index in [1.165, 1.54) is 5.56 Å². The largest absolute Gasteiger partial charge is 0.481 e. The summed E-state index contributed by atoms with van der Waals surface area (Å²) in [6, 6.07) is 7.69. The molecule has 4 heteroatoms. The quantitative estimate of drug-likeness (QED) is 0.834. The van der Waals surface area contributed by atoms with Crippen molar-refractivity contribution in [2.75, 3.05) is 5.32 Å². The van der Waals surface area contributed by atoms with Crippen LogP contribution in [0.2, 0.25) is 0 Å². The number of carboxylic acids is 1. The van der Waals surface area contributed by atoms with Crippen molar-refractivity contribution >= 4 is 17.6 Å². The van der Waals surface area contributed by atoms with Gasteiger partial charge in [0.05, 0.1) is 11.8 Å². The Balaban J connectivity index is 2.06. The van der Waals surface area contributed by atoms with Gasteiger partial charge in [-0.25, -0.2) is 0 Å². The second-order valence-corrected chi connectivity index (χ2v) is 5.76. The number of amides is 1. The minimum absolute atomic E-state index is 0.218. The maximum atomic E-state index is 12.3. The second kappa shape index (κ2) is 6.57. The van der Waals surface area contributed by atoms with Gasteiger partial charge < -0.3 is 10.4 Å². The summed E-state index contributed by atoms with van der Waals surface area (Å²) in [5.41, 5.74) is 1.92. The van der Waals surface area contributed by atoms with Crippen LogP contribution in [0.15, 0.2) is 36.4 Å². The molecule has 4 nitrogen and oxygen atoms in total. The Bertz CT molecular complexity index is 546. The van der Waals surface area contributed by atoms with Crippen LogP contribution in [-0.2, 0) is 9.59 Å². The molecule has 2 N–H and O–H groups in total. The molecule has 0 heterocycles. The van der Waals surface area contributed by atoms with Crippen LogP contribution in [0.5, 0.6) is 0 Å². The van der Waals surface area contributed by atoms with E-state index >= 15 is 0 Å². The van der Waals surface area contributed by atoms with Crippen molar-refractivity contribution in [1.29, 1.82) is 0 Å². The number of allylic oxidation sites excluding steroid dienone is 2.